The lowest BCUT2D eigenvalue weighted by molar-refractivity contribution is -0.318. The molecule has 4 rings (SSSR count). The van der Waals surface area contributed by atoms with Crippen molar-refractivity contribution in [3.05, 3.63) is 0 Å². The molecule has 4 fully saturated rings. The van der Waals surface area contributed by atoms with Crippen molar-refractivity contribution < 1.29 is 18.9 Å². The minimum Gasteiger partial charge on any atom is -0.375 e. The molecule has 0 bridgehead atoms. The summed E-state index contributed by atoms with van der Waals surface area (Å²) < 4.78 is 26.0. The van der Waals surface area contributed by atoms with Crippen LogP contribution < -0.4 is 0 Å². The molecule has 0 N–H and O–H groups in total. The fourth-order valence-corrected chi connectivity index (χ4v) is 5.57. The summed E-state index contributed by atoms with van der Waals surface area (Å²) in [6.07, 6.45) is 14.3. The van der Waals surface area contributed by atoms with E-state index in [1.54, 1.807) is 0 Å². The largest absolute Gasteiger partial charge is 0.375 e. The van der Waals surface area contributed by atoms with E-state index in [0.29, 0.717) is 0 Å². The zero-order chi connectivity index (χ0) is 16.3. The van der Waals surface area contributed by atoms with Crippen LogP contribution in [0.2, 0.25) is 0 Å². The maximum absolute atomic E-state index is 6.67. The Balaban J connectivity index is 1.70. The van der Waals surface area contributed by atoms with E-state index in [9.17, 15) is 0 Å². The summed E-state index contributed by atoms with van der Waals surface area (Å²) in [7, 11) is 0. The van der Waals surface area contributed by atoms with Crippen molar-refractivity contribution in [2.45, 2.75) is 100 Å². The van der Waals surface area contributed by atoms with Crippen LogP contribution in [-0.2, 0) is 18.9 Å². The van der Waals surface area contributed by atoms with Gasteiger partial charge < -0.3 is 18.9 Å². The molecule has 0 spiro atoms. The van der Waals surface area contributed by atoms with E-state index >= 15 is 0 Å². The fraction of sp³-hybridized carbons (Fsp3) is 1.00. The van der Waals surface area contributed by atoms with Gasteiger partial charge >= 0.3 is 0 Å². The highest BCUT2D eigenvalue weighted by Gasteiger charge is 2.63. The molecule has 24 heavy (non-hydrogen) atoms. The summed E-state index contributed by atoms with van der Waals surface area (Å²) >= 11 is 0. The average Bonchev–Trinajstić information content (AvgIpc) is 2.70. The highest BCUT2D eigenvalue weighted by atomic mass is 16.6. The van der Waals surface area contributed by atoms with Gasteiger partial charge in [-0.05, 0) is 77.0 Å². The van der Waals surface area contributed by atoms with Crippen molar-refractivity contribution in [2.75, 3.05) is 26.4 Å². The van der Waals surface area contributed by atoms with Gasteiger partial charge in [-0.15, -0.1) is 0 Å². The first kappa shape index (κ1) is 17.3. The second kappa shape index (κ2) is 7.61. The quantitative estimate of drug-likeness (QED) is 0.779. The maximum atomic E-state index is 6.67. The van der Waals surface area contributed by atoms with Crippen LogP contribution in [0.15, 0.2) is 0 Å². The molecule has 4 heteroatoms. The molecule has 4 atom stereocenters. The molecule has 0 radical (unpaired) electrons. The van der Waals surface area contributed by atoms with E-state index in [2.05, 4.69) is 0 Å². The van der Waals surface area contributed by atoms with Crippen LogP contribution in [-0.4, -0.2) is 49.8 Å². The molecular formula is C20H34O4. The van der Waals surface area contributed by atoms with E-state index in [1.807, 2.05) is 0 Å². The summed E-state index contributed by atoms with van der Waals surface area (Å²) in [6, 6.07) is 0. The Morgan fingerprint density at radius 1 is 0.500 bits per heavy atom. The van der Waals surface area contributed by atoms with Crippen LogP contribution in [0.25, 0.3) is 0 Å². The number of rotatable bonds is 3. The van der Waals surface area contributed by atoms with Crippen molar-refractivity contribution in [3.63, 3.8) is 0 Å². The molecule has 4 nitrogen and oxygen atoms in total. The van der Waals surface area contributed by atoms with E-state index in [0.717, 1.165) is 65.0 Å². The summed E-state index contributed by atoms with van der Waals surface area (Å²) in [5, 5.41) is 0. The second-order valence-corrected chi connectivity index (χ2v) is 8.10. The molecule has 0 amide bonds. The Kier molecular flexibility index (Phi) is 5.47. The Morgan fingerprint density at radius 2 is 0.958 bits per heavy atom. The summed E-state index contributed by atoms with van der Waals surface area (Å²) in [5.41, 5.74) is -0.595. The highest BCUT2D eigenvalue weighted by Crippen LogP contribution is 2.51. The smallest absolute Gasteiger partial charge is 0.126 e. The zero-order valence-electron chi connectivity index (χ0n) is 15.1. The van der Waals surface area contributed by atoms with E-state index < -0.39 is 0 Å². The number of hydrogen-bond donors (Lipinski definition) is 0. The van der Waals surface area contributed by atoms with Gasteiger partial charge in [0, 0.05) is 26.4 Å². The van der Waals surface area contributed by atoms with Crippen molar-refractivity contribution in [1.29, 1.82) is 0 Å². The molecule has 0 aliphatic carbocycles. The first-order valence-electron chi connectivity index (χ1n) is 10.4. The lowest BCUT2D eigenvalue weighted by atomic mass is 9.65. The third kappa shape index (κ3) is 2.94. The Hall–Kier alpha value is -0.160. The van der Waals surface area contributed by atoms with Crippen molar-refractivity contribution in [1.82, 2.24) is 0 Å². The van der Waals surface area contributed by atoms with Gasteiger partial charge in [-0.25, -0.2) is 0 Å². The number of ether oxygens (including phenoxy) is 4. The second-order valence-electron chi connectivity index (χ2n) is 8.10. The topological polar surface area (TPSA) is 36.9 Å². The molecule has 4 aliphatic rings. The van der Waals surface area contributed by atoms with Gasteiger partial charge in [-0.3, -0.25) is 0 Å². The molecule has 4 unspecified atom stereocenters. The molecule has 4 aliphatic heterocycles. The highest BCUT2D eigenvalue weighted by molar-refractivity contribution is 5.13. The van der Waals surface area contributed by atoms with Gasteiger partial charge in [0.1, 0.15) is 11.2 Å². The van der Waals surface area contributed by atoms with Crippen molar-refractivity contribution >= 4 is 0 Å². The molecule has 0 aromatic heterocycles. The van der Waals surface area contributed by atoms with Gasteiger partial charge in [-0.1, -0.05) is 0 Å². The SMILES string of the molecule is C1CCC(C2(C3(C4CCCCO4)CCCCO3)CCCCO2)OC1. The van der Waals surface area contributed by atoms with E-state index in [-0.39, 0.29) is 23.4 Å². The standard InChI is InChI=1S/C20H34O4/c1-5-13-21-17(9-1)19(11-3-7-15-23-19)20(12-4-8-16-24-20)18-10-2-6-14-22-18/h17-18H,1-16H2. The minimum atomic E-state index is -0.298. The molecular weight excluding hydrogens is 304 g/mol. The van der Waals surface area contributed by atoms with Crippen LogP contribution in [0, 0.1) is 0 Å². The van der Waals surface area contributed by atoms with Gasteiger partial charge in [-0.2, -0.15) is 0 Å². The summed E-state index contributed by atoms with van der Waals surface area (Å²) in [5.74, 6) is 0. The van der Waals surface area contributed by atoms with Gasteiger partial charge in [0.05, 0.1) is 12.2 Å². The first-order valence-corrected chi connectivity index (χ1v) is 10.4. The van der Waals surface area contributed by atoms with Gasteiger partial charge in [0.15, 0.2) is 0 Å². The average molecular weight is 338 g/mol. The predicted molar refractivity (Wildman–Crippen MR) is 92.3 cm³/mol. The molecule has 0 aromatic carbocycles. The van der Waals surface area contributed by atoms with Gasteiger partial charge in [0.25, 0.3) is 0 Å². The van der Waals surface area contributed by atoms with Crippen LogP contribution in [0.1, 0.15) is 77.0 Å². The predicted octanol–water partition coefficient (Wildman–Crippen LogP) is 4.00. The lowest BCUT2D eigenvalue weighted by Gasteiger charge is -2.59. The Labute approximate surface area is 146 Å². The molecule has 4 heterocycles. The van der Waals surface area contributed by atoms with Crippen molar-refractivity contribution in [3.8, 4) is 0 Å². The molecule has 4 saturated heterocycles. The monoisotopic (exact) mass is 338 g/mol. The Morgan fingerprint density at radius 3 is 1.29 bits per heavy atom. The first-order chi connectivity index (χ1) is 11.9. The molecule has 0 saturated carbocycles. The van der Waals surface area contributed by atoms with Crippen LogP contribution in [0.3, 0.4) is 0 Å². The molecule has 0 aromatic rings. The molecule has 138 valence electrons. The van der Waals surface area contributed by atoms with Crippen LogP contribution in [0.5, 0.6) is 0 Å². The third-order valence-electron chi connectivity index (χ3n) is 6.72. The fourth-order valence-electron chi connectivity index (χ4n) is 5.57. The van der Waals surface area contributed by atoms with Crippen LogP contribution >= 0.6 is 0 Å². The summed E-state index contributed by atoms with van der Waals surface area (Å²) in [6.45, 7) is 3.43. The Bertz CT molecular complexity index is 348. The minimum absolute atomic E-state index is 0.176. The van der Waals surface area contributed by atoms with E-state index in [4.69, 9.17) is 18.9 Å². The van der Waals surface area contributed by atoms with E-state index in [1.165, 1.54) is 38.5 Å². The number of hydrogen-bond acceptors (Lipinski definition) is 4. The summed E-state index contributed by atoms with van der Waals surface area (Å²) in [4.78, 5) is 0. The van der Waals surface area contributed by atoms with Crippen molar-refractivity contribution in [2.24, 2.45) is 0 Å². The normalized spacial score (nSPS) is 45.0. The lowest BCUT2D eigenvalue weighted by Crippen LogP contribution is -2.71. The van der Waals surface area contributed by atoms with Gasteiger partial charge in [0.2, 0.25) is 0 Å². The third-order valence-corrected chi connectivity index (χ3v) is 6.72. The maximum Gasteiger partial charge on any atom is 0.126 e. The zero-order valence-corrected chi connectivity index (χ0v) is 15.1. The van der Waals surface area contributed by atoms with Crippen LogP contribution in [0.4, 0.5) is 0 Å².